The maximum absolute atomic E-state index is 13.3. The van der Waals surface area contributed by atoms with Crippen molar-refractivity contribution in [3.63, 3.8) is 0 Å². The molecule has 1 unspecified atom stereocenters. The first-order chi connectivity index (χ1) is 15.8. The number of alkyl halides is 3. The van der Waals surface area contributed by atoms with E-state index in [0.717, 1.165) is 42.5 Å². The van der Waals surface area contributed by atoms with Crippen LogP contribution in [0.25, 0.3) is 0 Å². The predicted octanol–water partition coefficient (Wildman–Crippen LogP) is 6.48. The van der Waals surface area contributed by atoms with Gasteiger partial charge in [-0.15, -0.1) is 0 Å². The summed E-state index contributed by atoms with van der Waals surface area (Å²) in [4.78, 5) is 11.2. The van der Waals surface area contributed by atoms with Crippen LogP contribution in [0.15, 0.2) is 70.5 Å². The van der Waals surface area contributed by atoms with Gasteiger partial charge in [0.1, 0.15) is 28.0 Å². The average molecular weight is 517 g/mol. The van der Waals surface area contributed by atoms with Crippen molar-refractivity contribution in [1.29, 1.82) is 0 Å². The highest BCUT2D eigenvalue weighted by Gasteiger charge is 2.31. The van der Waals surface area contributed by atoms with Crippen LogP contribution < -0.4 is 9.47 Å². The molecule has 0 saturated heterocycles. The summed E-state index contributed by atoms with van der Waals surface area (Å²) in [6.07, 6.45) is -5.62. The quantitative estimate of drug-likeness (QED) is 0.265. The number of carbonyl (C=O) groups is 1. The van der Waals surface area contributed by atoms with Gasteiger partial charge in [0.05, 0.1) is 15.5 Å². The number of sulfone groups is 1. The number of hydrogen-bond acceptors (Lipinski definition) is 5. The molecule has 0 bridgehead atoms. The van der Waals surface area contributed by atoms with E-state index >= 15 is 0 Å². The molecule has 3 aromatic carbocycles. The highest BCUT2D eigenvalue weighted by atomic mass is 35.5. The van der Waals surface area contributed by atoms with Crippen LogP contribution in [-0.2, 0) is 20.8 Å². The minimum Gasteiger partial charge on any atom is -0.481 e. The Bertz CT molecular complexity index is 1320. The summed E-state index contributed by atoms with van der Waals surface area (Å²) in [7, 11) is -4.19. The van der Waals surface area contributed by atoms with Crippen molar-refractivity contribution in [1.82, 2.24) is 0 Å². The number of rotatable bonds is 7. The van der Waals surface area contributed by atoms with Gasteiger partial charge in [0.15, 0.2) is 11.9 Å². The van der Waals surface area contributed by atoms with Gasteiger partial charge in [-0.3, -0.25) is 4.79 Å². The van der Waals surface area contributed by atoms with Crippen LogP contribution in [0, 0.1) is 5.82 Å². The maximum Gasteiger partial charge on any atom is 0.416 e. The zero-order valence-electron chi connectivity index (χ0n) is 17.7. The molecule has 11 heteroatoms. The lowest BCUT2D eigenvalue weighted by molar-refractivity contribution is -0.137. The van der Waals surface area contributed by atoms with E-state index in [1.165, 1.54) is 26.0 Å². The summed E-state index contributed by atoms with van der Waals surface area (Å²) >= 11 is 5.92. The second kappa shape index (κ2) is 9.63. The number of benzene rings is 3. The molecule has 0 saturated carbocycles. The van der Waals surface area contributed by atoms with Crippen molar-refractivity contribution in [2.45, 2.75) is 35.9 Å². The minimum atomic E-state index is -4.59. The molecule has 0 fully saturated rings. The summed E-state index contributed by atoms with van der Waals surface area (Å²) in [5, 5.41) is -0.322. The first-order valence-electron chi connectivity index (χ1n) is 9.65. The lowest BCUT2D eigenvalue weighted by Gasteiger charge is -2.17. The fourth-order valence-electron chi connectivity index (χ4n) is 2.77. The van der Waals surface area contributed by atoms with Crippen molar-refractivity contribution in [2.24, 2.45) is 0 Å². The Hall–Kier alpha value is -3.11. The molecule has 3 rings (SSSR count). The second-order valence-corrected chi connectivity index (χ2v) is 9.51. The number of Topliss-reactive ketones (excluding diaryl/α,β-unsaturated/α-hetero) is 1. The smallest absolute Gasteiger partial charge is 0.416 e. The van der Waals surface area contributed by atoms with Crippen LogP contribution in [-0.4, -0.2) is 20.3 Å². The monoisotopic (exact) mass is 516 g/mol. The minimum absolute atomic E-state index is 0.00883. The van der Waals surface area contributed by atoms with Gasteiger partial charge in [-0.05, 0) is 68.4 Å². The Kier molecular flexibility index (Phi) is 7.23. The number of ketones is 1. The number of hydrogen-bond donors (Lipinski definition) is 0. The van der Waals surface area contributed by atoms with Crippen LogP contribution in [0.3, 0.4) is 0 Å². The number of ether oxygens (including phenoxy) is 2. The second-order valence-electron chi connectivity index (χ2n) is 7.18. The summed E-state index contributed by atoms with van der Waals surface area (Å²) in [5.74, 6) is -1.38. The highest BCUT2D eigenvalue weighted by molar-refractivity contribution is 7.91. The van der Waals surface area contributed by atoms with Gasteiger partial charge in [0.25, 0.3) is 0 Å². The van der Waals surface area contributed by atoms with E-state index < -0.39 is 33.5 Å². The summed E-state index contributed by atoms with van der Waals surface area (Å²) in [6, 6.07) is 10.2. The van der Waals surface area contributed by atoms with E-state index in [-0.39, 0.29) is 37.8 Å². The average Bonchev–Trinajstić information content (AvgIpc) is 2.74. The van der Waals surface area contributed by atoms with Crippen molar-refractivity contribution >= 4 is 27.2 Å². The molecule has 0 radical (unpaired) electrons. The molecule has 0 spiro atoms. The first-order valence-corrected chi connectivity index (χ1v) is 11.5. The SMILES string of the molecule is CC(=O)C(C)Oc1cc(Oc2ccc(C(F)(F)F)cc2Cl)ccc1S(=O)(=O)c1ccc(F)cc1. The Morgan fingerprint density at radius 1 is 0.971 bits per heavy atom. The molecule has 0 aliphatic rings. The van der Waals surface area contributed by atoms with E-state index in [2.05, 4.69) is 0 Å². The van der Waals surface area contributed by atoms with E-state index in [1.807, 2.05) is 0 Å². The summed E-state index contributed by atoms with van der Waals surface area (Å²) < 4.78 is 89.2. The Labute approximate surface area is 197 Å². The molecule has 0 aromatic heterocycles. The lowest BCUT2D eigenvalue weighted by Crippen LogP contribution is -2.22. The molecule has 34 heavy (non-hydrogen) atoms. The zero-order chi connectivity index (χ0) is 25.3. The largest absolute Gasteiger partial charge is 0.481 e. The van der Waals surface area contributed by atoms with Gasteiger partial charge in [0.2, 0.25) is 9.84 Å². The molecule has 0 aliphatic heterocycles. The lowest BCUT2D eigenvalue weighted by atomic mass is 10.2. The molecule has 1 atom stereocenters. The zero-order valence-corrected chi connectivity index (χ0v) is 19.3. The molecule has 0 amide bonds. The van der Waals surface area contributed by atoms with Gasteiger partial charge >= 0.3 is 6.18 Å². The topological polar surface area (TPSA) is 69.7 Å². The molecular weight excluding hydrogens is 500 g/mol. The van der Waals surface area contributed by atoms with Crippen molar-refractivity contribution < 1.29 is 40.2 Å². The third-order valence-electron chi connectivity index (χ3n) is 4.69. The maximum atomic E-state index is 13.3. The van der Waals surface area contributed by atoms with Crippen LogP contribution in [0.1, 0.15) is 19.4 Å². The molecule has 0 heterocycles. The van der Waals surface area contributed by atoms with E-state index in [4.69, 9.17) is 21.1 Å². The van der Waals surface area contributed by atoms with Gasteiger partial charge in [-0.2, -0.15) is 13.2 Å². The molecule has 0 N–H and O–H groups in total. The molecule has 0 aliphatic carbocycles. The fourth-order valence-corrected chi connectivity index (χ4v) is 4.35. The molecule has 3 aromatic rings. The van der Waals surface area contributed by atoms with E-state index in [9.17, 15) is 30.8 Å². The first kappa shape index (κ1) is 25.5. The van der Waals surface area contributed by atoms with Gasteiger partial charge in [0, 0.05) is 6.07 Å². The normalized spacial score (nSPS) is 12.8. The predicted molar refractivity (Wildman–Crippen MR) is 116 cm³/mol. The molecular formula is C23H17ClF4O5S. The molecule has 5 nitrogen and oxygen atoms in total. The Balaban J connectivity index is 2.03. The van der Waals surface area contributed by atoms with Crippen LogP contribution in [0.5, 0.6) is 17.2 Å². The number of halogens is 5. The summed E-state index contributed by atoms with van der Waals surface area (Å²) in [6.45, 7) is 2.66. The third kappa shape index (κ3) is 5.68. The third-order valence-corrected chi connectivity index (χ3v) is 6.80. The van der Waals surface area contributed by atoms with Gasteiger partial charge < -0.3 is 9.47 Å². The fraction of sp³-hybridized carbons (Fsp3) is 0.174. The van der Waals surface area contributed by atoms with E-state index in [1.54, 1.807) is 0 Å². The molecule has 180 valence electrons. The Morgan fingerprint density at radius 2 is 1.62 bits per heavy atom. The van der Waals surface area contributed by atoms with Crippen molar-refractivity contribution in [3.8, 4) is 17.2 Å². The van der Waals surface area contributed by atoms with Crippen LogP contribution in [0.2, 0.25) is 5.02 Å². The van der Waals surface area contributed by atoms with Crippen LogP contribution >= 0.6 is 11.6 Å². The van der Waals surface area contributed by atoms with Crippen molar-refractivity contribution in [3.05, 3.63) is 77.1 Å². The Morgan fingerprint density at radius 3 is 2.18 bits per heavy atom. The van der Waals surface area contributed by atoms with Gasteiger partial charge in [-0.25, -0.2) is 12.8 Å². The highest BCUT2D eigenvalue weighted by Crippen LogP contribution is 2.39. The summed E-state index contributed by atoms with van der Waals surface area (Å²) in [5.41, 5.74) is -0.968. The number of carbonyl (C=O) groups excluding carboxylic acids is 1. The standard InChI is InChI=1S/C23H17ClF4O5S/c1-13(29)14(2)32-21-12-17(33-20-9-3-15(11-19(20)24)23(26,27)28)6-10-22(21)34(30,31)18-7-4-16(25)5-8-18/h3-12,14H,1-2H3. The van der Waals surface area contributed by atoms with Crippen molar-refractivity contribution in [2.75, 3.05) is 0 Å². The van der Waals surface area contributed by atoms with Crippen LogP contribution in [0.4, 0.5) is 17.6 Å². The van der Waals surface area contributed by atoms with Gasteiger partial charge in [-0.1, -0.05) is 11.6 Å². The van der Waals surface area contributed by atoms with E-state index in [0.29, 0.717) is 6.07 Å².